The van der Waals surface area contributed by atoms with Crippen molar-refractivity contribution in [3.63, 3.8) is 0 Å². The van der Waals surface area contributed by atoms with Crippen LogP contribution >= 0.6 is 0 Å². The lowest BCUT2D eigenvalue weighted by Crippen LogP contribution is -2.20. The van der Waals surface area contributed by atoms with Crippen LogP contribution in [0.3, 0.4) is 0 Å². The first-order valence-electron chi connectivity index (χ1n) is 8.29. The van der Waals surface area contributed by atoms with Crippen molar-refractivity contribution in [2.45, 2.75) is 65.8 Å². The van der Waals surface area contributed by atoms with Crippen LogP contribution in [0, 0.1) is 12.0 Å². The lowest BCUT2D eigenvalue weighted by Gasteiger charge is -2.19. The first kappa shape index (κ1) is 17.2. The summed E-state index contributed by atoms with van der Waals surface area (Å²) in [5.74, 6) is 0.777. The van der Waals surface area contributed by atoms with E-state index in [2.05, 4.69) is 57.0 Å². The first-order valence-corrected chi connectivity index (χ1v) is 8.29. The van der Waals surface area contributed by atoms with E-state index in [9.17, 15) is 0 Å². The van der Waals surface area contributed by atoms with E-state index in [-0.39, 0.29) is 0 Å². The van der Waals surface area contributed by atoms with Gasteiger partial charge in [0.1, 0.15) is 0 Å². The minimum absolute atomic E-state index is 0.777. The van der Waals surface area contributed by atoms with Crippen LogP contribution in [0.5, 0.6) is 0 Å². The maximum atomic E-state index is 3.24. The van der Waals surface area contributed by atoms with Crippen LogP contribution in [0.25, 0.3) is 0 Å². The monoisotopic (exact) mass is 274 g/mol. The Kier molecular flexibility index (Phi) is 8.60. The number of hydrogen-bond acceptors (Lipinski definition) is 1. The lowest BCUT2D eigenvalue weighted by atomic mass is 9.98. The molecule has 0 spiro atoms. The standard InChI is InChI=1S/C19H32N/c1-5-6-7-10-15-20(4)16-19-12-9-8-11-18(19)14-13-17(2)3/h8,11-12,17H,5-7,10,13-16H2,1-4H3. The van der Waals surface area contributed by atoms with E-state index in [1.54, 1.807) is 0 Å². The normalized spacial score (nSPS) is 11.5. The van der Waals surface area contributed by atoms with Crippen LogP contribution < -0.4 is 0 Å². The van der Waals surface area contributed by atoms with E-state index >= 15 is 0 Å². The first-order chi connectivity index (χ1) is 9.63. The summed E-state index contributed by atoms with van der Waals surface area (Å²) < 4.78 is 0. The van der Waals surface area contributed by atoms with Gasteiger partial charge < -0.3 is 4.90 Å². The minimum Gasteiger partial charge on any atom is -0.302 e. The molecule has 1 rings (SSSR count). The summed E-state index contributed by atoms with van der Waals surface area (Å²) in [7, 11) is 2.24. The molecule has 0 aliphatic rings. The predicted molar refractivity (Wildman–Crippen MR) is 88.9 cm³/mol. The molecule has 0 saturated carbocycles. The summed E-state index contributed by atoms with van der Waals surface area (Å²) in [6, 6.07) is 9.73. The fourth-order valence-electron chi connectivity index (χ4n) is 2.51. The second-order valence-electron chi connectivity index (χ2n) is 6.43. The van der Waals surface area contributed by atoms with Crippen molar-refractivity contribution in [2.75, 3.05) is 13.6 Å². The average molecular weight is 274 g/mol. The molecule has 0 aliphatic heterocycles. The molecular weight excluding hydrogens is 242 g/mol. The molecule has 20 heavy (non-hydrogen) atoms. The van der Waals surface area contributed by atoms with Crippen molar-refractivity contribution in [1.82, 2.24) is 4.90 Å². The highest BCUT2D eigenvalue weighted by Gasteiger charge is 2.06. The van der Waals surface area contributed by atoms with Crippen molar-refractivity contribution in [1.29, 1.82) is 0 Å². The number of aryl methyl sites for hydroxylation is 1. The van der Waals surface area contributed by atoms with Crippen molar-refractivity contribution in [3.8, 4) is 0 Å². The van der Waals surface area contributed by atoms with Gasteiger partial charge in [-0.1, -0.05) is 52.2 Å². The largest absolute Gasteiger partial charge is 0.302 e. The van der Waals surface area contributed by atoms with Crippen LogP contribution in [-0.2, 0) is 13.0 Å². The van der Waals surface area contributed by atoms with Gasteiger partial charge in [-0.05, 0) is 62.0 Å². The highest BCUT2D eigenvalue weighted by atomic mass is 15.1. The van der Waals surface area contributed by atoms with Crippen LogP contribution in [0.2, 0.25) is 0 Å². The van der Waals surface area contributed by atoms with Crippen LogP contribution in [-0.4, -0.2) is 18.5 Å². The zero-order chi connectivity index (χ0) is 14.8. The zero-order valence-electron chi connectivity index (χ0n) is 13.9. The second-order valence-corrected chi connectivity index (χ2v) is 6.43. The Morgan fingerprint density at radius 3 is 2.65 bits per heavy atom. The Balaban J connectivity index is 2.45. The number of benzene rings is 1. The van der Waals surface area contributed by atoms with Gasteiger partial charge in [-0.3, -0.25) is 0 Å². The molecule has 1 heteroatoms. The maximum Gasteiger partial charge on any atom is 0.0233 e. The van der Waals surface area contributed by atoms with Gasteiger partial charge in [0.05, 0.1) is 0 Å². The Hall–Kier alpha value is -0.820. The van der Waals surface area contributed by atoms with Gasteiger partial charge in [-0.15, -0.1) is 0 Å². The predicted octanol–water partition coefficient (Wildman–Crippen LogP) is 5.09. The summed E-state index contributed by atoms with van der Waals surface area (Å²) in [4.78, 5) is 2.46. The molecule has 0 atom stereocenters. The Morgan fingerprint density at radius 1 is 1.15 bits per heavy atom. The minimum atomic E-state index is 0.777. The molecule has 0 amide bonds. The molecule has 0 unspecified atom stereocenters. The third-order valence-electron chi connectivity index (χ3n) is 3.88. The summed E-state index contributed by atoms with van der Waals surface area (Å²) in [5, 5.41) is 0. The summed E-state index contributed by atoms with van der Waals surface area (Å²) in [6.45, 7) is 9.14. The van der Waals surface area contributed by atoms with Crippen molar-refractivity contribution < 1.29 is 0 Å². The van der Waals surface area contributed by atoms with Crippen molar-refractivity contribution >= 4 is 0 Å². The van der Waals surface area contributed by atoms with Crippen LogP contribution in [0.15, 0.2) is 18.2 Å². The van der Waals surface area contributed by atoms with Gasteiger partial charge in [0, 0.05) is 6.54 Å². The molecule has 0 fully saturated rings. The highest BCUT2D eigenvalue weighted by molar-refractivity contribution is 5.26. The number of hydrogen-bond donors (Lipinski definition) is 0. The Labute approximate surface area is 126 Å². The SMILES string of the molecule is CCCCCCN(C)Cc1c[c]ccc1CCC(C)C. The molecule has 0 bridgehead atoms. The zero-order valence-corrected chi connectivity index (χ0v) is 13.9. The van der Waals surface area contributed by atoms with Gasteiger partial charge >= 0.3 is 0 Å². The Bertz CT molecular complexity index is 357. The van der Waals surface area contributed by atoms with Crippen LogP contribution in [0.1, 0.15) is 64.0 Å². The summed E-state index contributed by atoms with van der Waals surface area (Å²) in [5.41, 5.74) is 2.98. The van der Waals surface area contributed by atoms with Crippen molar-refractivity contribution in [3.05, 3.63) is 35.4 Å². The smallest absolute Gasteiger partial charge is 0.0233 e. The Morgan fingerprint density at radius 2 is 1.95 bits per heavy atom. The topological polar surface area (TPSA) is 3.24 Å². The number of rotatable bonds is 10. The third kappa shape index (κ3) is 7.09. The molecule has 1 aromatic carbocycles. The van der Waals surface area contributed by atoms with E-state index in [0.717, 1.165) is 12.5 Å². The van der Waals surface area contributed by atoms with Gasteiger partial charge in [0.15, 0.2) is 0 Å². The average Bonchev–Trinajstić information content (AvgIpc) is 2.42. The molecule has 113 valence electrons. The summed E-state index contributed by atoms with van der Waals surface area (Å²) in [6.07, 6.45) is 7.84. The van der Waals surface area contributed by atoms with Crippen LogP contribution in [0.4, 0.5) is 0 Å². The molecule has 0 heterocycles. The van der Waals surface area contributed by atoms with Gasteiger partial charge in [-0.25, -0.2) is 0 Å². The second kappa shape index (κ2) is 9.99. The lowest BCUT2D eigenvalue weighted by molar-refractivity contribution is 0.316. The van der Waals surface area contributed by atoms with Crippen molar-refractivity contribution in [2.24, 2.45) is 5.92 Å². The van der Waals surface area contributed by atoms with E-state index in [1.807, 2.05) is 0 Å². The number of nitrogens with zero attached hydrogens (tertiary/aromatic N) is 1. The molecule has 1 nitrogen and oxygen atoms in total. The molecule has 0 saturated heterocycles. The fourth-order valence-corrected chi connectivity index (χ4v) is 2.51. The molecule has 1 radical (unpaired) electrons. The maximum absolute atomic E-state index is 3.24. The quantitative estimate of drug-likeness (QED) is 0.537. The van der Waals surface area contributed by atoms with Gasteiger partial charge in [0.25, 0.3) is 0 Å². The number of unbranched alkanes of at least 4 members (excludes halogenated alkanes) is 3. The van der Waals surface area contributed by atoms with Gasteiger partial charge in [0.2, 0.25) is 0 Å². The molecule has 0 aliphatic carbocycles. The van der Waals surface area contributed by atoms with Gasteiger partial charge in [-0.2, -0.15) is 0 Å². The van der Waals surface area contributed by atoms with E-state index < -0.39 is 0 Å². The highest BCUT2D eigenvalue weighted by Crippen LogP contribution is 2.15. The fraction of sp³-hybridized carbons (Fsp3) is 0.684. The molecule has 0 N–H and O–H groups in total. The van der Waals surface area contributed by atoms with E-state index in [0.29, 0.717) is 0 Å². The molecule has 1 aromatic rings. The summed E-state index contributed by atoms with van der Waals surface area (Å²) >= 11 is 0. The van der Waals surface area contributed by atoms with E-state index in [4.69, 9.17) is 0 Å². The molecular formula is C19H32N. The third-order valence-corrected chi connectivity index (χ3v) is 3.88. The van der Waals surface area contributed by atoms with E-state index in [1.165, 1.54) is 56.2 Å². The molecule has 0 aromatic heterocycles.